The quantitative estimate of drug-likeness (QED) is 0.730. The Morgan fingerprint density at radius 2 is 1.87 bits per heavy atom. The second-order valence-corrected chi connectivity index (χ2v) is 10.5. The molecule has 1 aromatic heterocycles. The van der Waals surface area contributed by atoms with Crippen LogP contribution in [-0.4, -0.2) is 74.7 Å². The monoisotopic (exact) mass is 453 g/mol. The molecule has 0 spiro atoms. The number of aromatic nitrogens is 1. The highest BCUT2D eigenvalue weighted by atomic mass is 32.2. The van der Waals surface area contributed by atoms with Gasteiger partial charge in [-0.1, -0.05) is 6.07 Å². The summed E-state index contributed by atoms with van der Waals surface area (Å²) >= 11 is 0. The van der Waals surface area contributed by atoms with Gasteiger partial charge < -0.3 is 14.2 Å². The van der Waals surface area contributed by atoms with Gasteiger partial charge in [-0.2, -0.15) is 0 Å². The topological polar surface area (TPSA) is 107 Å². The van der Waals surface area contributed by atoms with Crippen molar-refractivity contribution in [1.82, 2.24) is 14.6 Å². The minimum atomic E-state index is -3.42. The lowest BCUT2D eigenvalue weighted by molar-refractivity contribution is -0.0118. The third-order valence-corrected chi connectivity index (χ3v) is 7.10. The molecule has 172 valence electrons. The van der Waals surface area contributed by atoms with Gasteiger partial charge in [0.25, 0.3) is 0 Å². The van der Waals surface area contributed by atoms with Gasteiger partial charge in [0, 0.05) is 29.8 Å². The van der Waals surface area contributed by atoms with Gasteiger partial charge in [-0.05, 0) is 45.1 Å². The van der Waals surface area contributed by atoms with Crippen molar-refractivity contribution in [2.75, 3.05) is 26.1 Å². The molecule has 1 amide bonds. The van der Waals surface area contributed by atoms with Crippen LogP contribution in [0.3, 0.4) is 0 Å². The summed E-state index contributed by atoms with van der Waals surface area (Å²) in [6.07, 6.45) is 4.97. The molecule has 1 aliphatic carbocycles. The number of rotatable bonds is 2. The Balaban J connectivity index is 1.54. The summed E-state index contributed by atoms with van der Waals surface area (Å²) in [4.78, 5) is 19.1. The maximum absolute atomic E-state index is 12.8. The van der Waals surface area contributed by atoms with Crippen LogP contribution in [0.5, 0.6) is 5.88 Å². The van der Waals surface area contributed by atoms with Crippen LogP contribution in [0.25, 0.3) is 0 Å². The zero-order valence-electron chi connectivity index (χ0n) is 18.0. The van der Waals surface area contributed by atoms with E-state index in [1.54, 1.807) is 4.90 Å². The van der Waals surface area contributed by atoms with Gasteiger partial charge in [0.15, 0.2) is 0 Å². The molecule has 10 heteroatoms. The highest BCUT2D eigenvalue weighted by Gasteiger charge is 2.44. The molecule has 3 atom stereocenters. The predicted molar refractivity (Wildman–Crippen MR) is 114 cm³/mol. The minimum absolute atomic E-state index is 0.0799. The number of nitrogens with one attached hydrogen (secondary N) is 1. The Kier molecular flexibility index (Phi) is 6.68. The number of carbonyl (C=O) groups excluding carboxylic acids is 1. The summed E-state index contributed by atoms with van der Waals surface area (Å²) in [5.74, 6) is 0.903. The molecule has 4 aliphatic rings. The Morgan fingerprint density at radius 1 is 1.13 bits per heavy atom. The summed E-state index contributed by atoms with van der Waals surface area (Å²) in [6.45, 7) is 2.45. The predicted octanol–water partition coefficient (Wildman–Crippen LogP) is 2.03. The third-order valence-electron chi connectivity index (χ3n) is 6.37. The second kappa shape index (κ2) is 9.30. The molecule has 0 aromatic carbocycles. The van der Waals surface area contributed by atoms with Gasteiger partial charge in [0.1, 0.15) is 13.2 Å². The molecule has 31 heavy (non-hydrogen) atoms. The molecule has 3 aliphatic heterocycles. The van der Waals surface area contributed by atoms with Crippen molar-refractivity contribution in [2.45, 2.75) is 69.2 Å². The molecule has 0 radical (unpaired) electrons. The maximum Gasteiger partial charge on any atom is 0.410 e. The van der Waals surface area contributed by atoms with Gasteiger partial charge >= 0.3 is 6.09 Å². The van der Waals surface area contributed by atoms with E-state index in [1.807, 2.05) is 25.1 Å². The van der Waals surface area contributed by atoms with Crippen molar-refractivity contribution in [2.24, 2.45) is 0 Å². The van der Waals surface area contributed by atoms with Gasteiger partial charge in [-0.3, -0.25) is 4.90 Å². The van der Waals surface area contributed by atoms with Crippen molar-refractivity contribution in [3.8, 4) is 5.88 Å². The van der Waals surface area contributed by atoms with Crippen molar-refractivity contribution >= 4 is 16.1 Å². The van der Waals surface area contributed by atoms with E-state index in [0.29, 0.717) is 18.2 Å². The lowest BCUT2D eigenvalue weighted by atomic mass is 9.85. The lowest BCUT2D eigenvalue weighted by Crippen LogP contribution is -2.50. The van der Waals surface area contributed by atoms with Crippen LogP contribution in [0.15, 0.2) is 18.2 Å². The minimum Gasteiger partial charge on any atom is -0.474 e. The summed E-state index contributed by atoms with van der Waals surface area (Å²) in [5.41, 5.74) is 1.02. The fourth-order valence-electron chi connectivity index (χ4n) is 4.92. The maximum atomic E-state index is 12.8. The smallest absolute Gasteiger partial charge is 0.410 e. The first kappa shape index (κ1) is 22.3. The van der Waals surface area contributed by atoms with Gasteiger partial charge in [0.05, 0.1) is 25.0 Å². The van der Waals surface area contributed by atoms with Crippen molar-refractivity contribution in [3.63, 3.8) is 0 Å². The van der Waals surface area contributed by atoms with Crippen LogP contribution in [0.2, 0.25) is 0 Å². The van der Waals surface area contributed by atoms with Crippen LogP contribution in [-0.2, 0) is 19.5 Å². The Labute approximate surface area is 183 Å². The fourth-order valence-corrected chi connectivity index (χ4v) is 5.72. The number of pyridine rings is 1. The summed E-state index contributed by atoms with van der Waals surface area (Å²) in [7, 11) is -3.42. The number of sulfonamides is 1. The standard InChI is InChI=1S/C21H31N3O6S/c1-14-12-18(23-31(2,26)27)19-13-30-16-8-6-15(7-9-16)17-4-3-5-20(22-17)28-10-11-29-21(25)24(14)19/h3-5,14-16,18-19,23H,6-13H2,1-2H3/t14-,15?,16?,18+,19+/m1/s1. The van der Waals surface area contributed by atoms with E-state index in [9.17, 15) is 13.2 Å². The van der Waals surface area contributed by atoms with E-state index in [-0.39, 0.29) is 32.0 Å². The number of fused-ring (bicyclic) bond motifs is 7. The SMILES string of the molecule is C[C@@H]1C[C@H](NS(C)(=O)=O)[C@@H]2COC3CCC(CC3)c3cccc(n3)OCCOC(=O)N12. The molecule has 4 heterocycles. The molecular weight excluding hydrogens is 422 g/mol. The fraction of sp³-hybridized carbons (Fsp3) is 0.714. The molecule has 9 nitrogen and oxygen atoms in total. The zero-order valence-corrected chi connectivity index (χ0v) is 18.8. The number of amides is 1. The average Bonchev–Trinajstić information content (AvgIpc) is 3.02. The first-order valence-electron chi connectivity index (χ1n) is 10.9. The molecule has 1 N–H and O–H groups in total. The van der Waals surface area contributed by atoms with Crippen LogP contribution < -0.4 is 9.46 Å². The van der Waals surface area contributed by atoms with E-state index in [1.165, 1.54) is 0 Å². The number of hydrogen-bond acceptors (Lipinski definition) is 7. The van der Waals surface area contributed by atoms with Crippen LogP contribution in [0.4, 0.5) is 4.79 Å². The molecule has 4 bridgehead atoms. The Hall–Kier alpha value is -1.91. The highest BCUT2D eigenvalue weighted by molar-refractivity contribution is 7.88. The largest absolute Gasteiger partial charge is 0.474 e. The van der Waals surface area contributed by atoms with E-state index in [2.05, 4.69) is 9.71 Å². The van der Waals surface area contributed by atoms with Crippen LogP contribution in [0.1, 0.15) is 50.6 Å². The van der Waals surface area contributed by atoms with Crippen molar-refractivity contribution in [3.05, 3.63) is 23.9 Å². The van der Waals surface area contributed by atoms with Crippen molar-refractivity contribution in [1.29, 1.82) is 0 Å². The third kappa shape index (κ3) is 5.48. The normalized spacial score (nSPS) is 32.3. The summed E-state index contributed by atoms with van der Waals surface area (Å²) < 4.78 is 43.8. The number of carbonyl (C=O) groups is 1. The molecule has 5 rings (SSSR count). The molecule has 1 saturated carbocycles. The Bertz CT molecular complexity index is 887. The summed E-state index contributed by atoms with van der Waals surface area (Å²) in [5, 5.41) is 0. The molecule has 1 aromatic rings. The van der Waals surface area contributed by atoms with Gasteiger partial charge in [0.2, 0.25) is 15.9 Å². The van der Waals surface area contributed by atoms with E-state index in [4.69, 9.17) is 14.2 Å². The second-order valence-electron chi connectivity index (χ2n) is 8.73. The lowest BCUT2D eigenvalue weighted by Gasteiger charge is -2.33. The van der Waals surface area contributed by atoms with E-state index < -0.39 is 28.2 Å². The van der Waals surface area contributed by atoms with Gasteiger partial charge in [-0.15, -0.1) is 0 Å². The first-order chi connectivity index (χ1) is 14.8. The molecule has 1 saturated heterocycles. The molecule has 2 fully saturated rings. The van der Waals surface area contributed by atoms with Crippen LogP contribution >= 0.6 is 0 Å². The Morgan fingerprint density at radius 3 is 2.61 bits per heavy atom. The van der Waals surface area contributed by atoms with Crippen molar-refractivity contribution < 1.29 is 27.4 Å². The molecular formula is C21H31N3O6S. The first-order valence-corrected chi connectivity index (χ1v) is 12.8. The zero-order chi connectivity index (χ0) is 22.0. The van der Waals surface area contributed by atoms with Crippen LogP contribution in [0, 0.1) is 0 Å². The molecule has 0 unspecified atom stereocenters. The number of nitrogens with zero attached hydrogens (tertiary/aromatic N) is 2. The average molecular weight is 454 g/mol. The number of hydrogen-bond donors (Lipinski definition) is 1. The van der Waals surface area contributed by atoms with E-state index in [0.717, 1.165) is 37.6 Å². The highest BCUT2D eigenvalue weighted by Crippen LogP contribution is 2.35. The number of ether oxygens (including phenoxy) is 3. The van der Waals surface area contributed by atoms with E-state index >= 15 is 0 Å². The summed E-state index contributed by atoms with van der Waals surface area (Å²) in [6, 6.07) is 4.78. The van der Waals surface area contributed by atoms with Gasteiger partial charge in [-0.25, -0.2) is 22.9 Å².